The van der Waals surface area contributed by atoms with E-state index in [1.54, 1.807) is 6.92 Å². The molecule has 0 aliphatic carbocycles. The number of hydrogen-bond donors (Lipinski definition) is 0. The molecular weight excluding hydrogens is 206 g/mol. The van der Waals surface area contributed by atoms with E-state index in [0.29, 0.717) is 6.61 Å². The summed E-state index contributed by atoms with van der Waals surface area (Å²) in [7, 11) is 0. The minimum atomic E-state index is -0.462. The molecule has 0 saturated carbocycles. The van der Waals surface area contributed by atoms with E-state index in [9.17, 15) is 9.59 Å². The predicted octanol–water partition coefficient (Wildman–Crippen LogP) is 1.31. The summed E-state index contributed by atoms with van der Waals surface area (Å²) in [5.74, 6) is -0.341. The van der Waals surface area contributed by atoms with Gasteiger partial charge in [-0.3, -0.25) is 14.4 Å². The summed E-state index contributed by atoms with van der Waals surface area (Å²) >= 11 is 0. The number of amides is 1. The number of Topliss-reactive ketones (excluding diaryl/α,β-unsaturated/α-hetero) is 1. The molecule has 4 heteroatoms. The lowest BCUT2D eigenvalue weighted by Gasteiger charge is -2.19. The average molecular weight is 219 g/mol. The topological polar surface area (TPSA) is 46.6 Å². The summed E-state index contributed by atoms with van der Waals surface area (Å²) in [5, 5.41) is 1.18. The van der Waals surface area contributed by atoms with E-state index in [1.807, 2.05) is 30.3 Å². The van der Waals surface area contributed by atoms with Gasteiger partial charge in [-0.15, -0.1) is 0 Å². The SMILES string of the molecule is CC1C(=O)CC(=O)N1OCc1ccccc1. The van der Waals surface area contributed by atoms with Crippen molar-refractivity contribution in [3.05, 3.63) is 35.9 Å². The third-order valence-corrected chi connectivity index (χ3v) is 2.60. The largest absolute Gasteiger partial charge is 0.297 e. The zero-order valence-corrected chi connectivity index (χ0v) is 9.05. The van der Waals surface area contributed by atoms with Crippen molar-refractivity contribution in [1.29, 1.82) is 0 Å². The Bertz CT molecular complexity index is 402. The lowest BCUT2D eigenvalue weighted by atomic mass is 10.2. The number of carbonyl (C=O) groups excluding carboxylic acids is 2. The van der Waals surface area contributed by atoms with Gasteiger partial charge in [0, 0.05) is 0 Å². The number of nitrogens with zero attached hydrogens (tertiary/aromatic N) is 1. The summed E-state index contributed by atoms with van der Waals surface area (Å²) in [6, 6.07) is 9.07. The Hall–Kier alpha value is -1.68. The molecule has 1 aromatic carbocycles. The summed E-state index contributed by atoms with van der Waals surface area (Å²) in [4.78, 5) is 28.0. The van der Waals surface area contributed by atoms with Gasteiger partial charge >= 0.3 is 0 Å². The molecule has 1 unspecified atom stereocenters. The fourth-order valence-electron chi connectivity index (χ4n) is 1.62. The summed E-state index contributed by atoms with van der Waals surface area (Å²) in [5.41, 5.74) is 0.974. The van der Waals surface area contributed by atoms with Gasteiger partial charge in [0.15, 0.2) is 5.78 Å². The monoisotopic (exact) mass is 219 g/mol. The van der Waals surface area contributed by atoms with Crippen molar-refractivity contribution >= 4 is 11.7 Å². The Labute approximate surface area is 93.8 Å². The van der Waals surface area contributed by atoms with Crippen molar-refractivity contribution in [2.45, 2.75) is 26.0 Å². The highest BCUT2D eigenvalue weighted by molar-refractivity contribution is 6.06. The highest BCUT2D eigenvalue weighted by Gasteiger charge is 2.36. The Kier molecular flexibility index (Phi) is 3.01. The van der Waals surface area contributed by atoms with Crippen molar-refractivity contribution in [1.82, 2.24) is 5.06 Å². The highest BCUT2D eigenvalue weighted by atomic mass is 16.7. The van der Waals surface area contributed by atoms with Gasteiger partial charge in [-0.05, 0) is 12.5 Å². The van der Waals surface area contributed by atoms with E-state index in [0.717, 1.165) is 5.56 Å². The van der Waals surface area contributed by atoms with Gasteiger partial charge < -0.3 is 0 Å². The van der Waals surface area contributed by atoms with Crippen molar-refractivity contribution in [2.75, 3.05) is 0 Å². The Balaban J connectivity index is 1.96. The minimum absolute atomic E-state index is 0.0457. The third-order valence-electron chi connectivity index (χ3n) is 2.60. The van der Waals surface area contributed by atoms with E-state index >= 15 is 0 Å². The highest BCUT2D eigenvalue weighted by Crippen LogP contribution is 2.16. The summed E-state index contributed by atoms with van der Waals surface area (Å²) < 4.78 is 0. The first-order chi connectivity index (χ1) is 7.68. The Morgan fingerprint density at radius 3 is 2.56 bits per heavy atom. The van der Waals surface area contributed by atoms with Gasteiger partial charge in [0.25, 0.3) is 5.91 Å². The molecule has 1 aromatic rings. The number of rotatable bonds is 3. The van der Waals surface area contributed by atoms with Crippen LogP contribution in [0.2, 0.25) is 0 Å². The zero-order valence-electron chi connectivity index (χ0n) is 9.05. The number of hydrogen-bond acceptors (Lipinski definition) is 3. The molecule has 1 atom stereocenters. The third kappa shape index (κ3) is 2.12. The van der Waals surface area contributed by atoms with Crippen LogP contribution < -0.4 is 0 Å². The summed E-state index contributed by atoms with van der Waals surface area (Å²) in [6.45, 7) is 1.99. The van der Waals surface area contributed by atoms with Gasteiger partial charge in [0.05, 0.1) is 6.42 Å². The second kappa shape index (κ2) is 4.45. The van der Waals surface area contributed by atoms with Crippen LogP contribution in [0.15, 0.2) is 30.3 Å². The number of benzene rings is 1. The molecule has 0 N–H and O–H groups in total. The van der Waals surface area contributed by atoms with E-state index in [1.165, 1.54) is 5.06 Å². The van der Waals surface area contributed by atoms with Crippen molar-refractivity contribution in [3.63, 3.8) is 0 Å². The molecule has 0 radical (unpaired) electrons. The van der Waals surface area contributed by atoms with Crippen LogP contribution in [0.5, 0.6) is 0 Å². The van der Waals surface area contributed by atoms with Crippen LogP contribution in [-0.4, -0.2) is 22.8 Å². The molecule has 1 aliphatic rings. The maximum atomic E-state index is 11.4. The lowest BCUT2D eigenvalue weighted by Crippen LogP contribution is -2.33. The first kappa shape index (κ1) is 10.8. The molecule has 1 saturated heterocycles. The number of hydroxylamine groups is 2. The van der Waals surface area contributed by atoms with Crippen LogP contribution >= 0.6 is 0 Å². The van der Waals surface area contributed by atoms with Crippen LogP contribution in [0.25, 0.3) is 0 Å². The van der Waals surface area contributed by atoms with Crippen molar-refractivity contribution < 1.29 is 14.4 Å². The fraction of sp³-hybridized carbons (Fsp3) is 0.333. The first-order valence-electron chi connectivity index (χ1n) is 5.20. The number of carbonyl (C=O) groups is 2. The van der Waals surface area contributed by atoms with Crippen LogP contribution in [0.3, 0.4) is 0 Å². The molecule has 1 fully saturated rings. The maximum Gasteiger partial charge on any atom is 0.254 e. The van der Waals surface area contributed by atoms with Gasteiger partial charge in [-0.25, -0.2) is 5.06 Å². The molecule has 2 rings (SSSR count). The molecule has 0 spiro atoms. The van der Waals surface area contributed by atoms with Crippen LogP contribution in [0.4, 0.5) is 0 Å². The second-order valence-electron chi connectivity index (χ2n) is 3.80. The minimum Gasteiger partial charge on any atom is -0.297 e. The Morgan fingerprint density at radius 1 is 1.31 bits per heavy atom. The van der Waals surface area contributed by atoms with Crippen LogP contribution in [0.1, 0.15) is 18.9 Å². The molecule has 0 bridgehead atoms. The molecule has 1 amide bonds. The van der Waals surface area contributed by atoms with E-state index in [2.05, 4.69) is 0 Å². The average Bonchev–Trinajstić information content (AvgIpc) is 2.53. The van der Waals surface area contributed by atoms with Gasteiger partial charge in [0.1, 0.15) is 12.6 Å². The first-order valence-corrected chi connectivity index (χ1v) is 5.20. The van der Waals surface area contributed by atoms with E-state index in [-0.39, 0.29) is 18.1 Å². The van der Waals surface area contributed by atoms with Crippen LogP contribution in [-0.2, 0) is 21.0 Å². The second-order valence-corrected chi connectivity index (χ2v) is 3.80. The fourth-order valence-corrected chi connectivity index (χ4v) is 1.62. The molecule has 4 nitrogen and oxygen atoms in total. The molecule has 84 valence electrons. The normalized spacial score (nSPS) is 20.6. The quantitative estimate of drug-likeness (QED) is 0.720. The zero-order chi connectivity index (χ0) is 11.5. The van der Waals surface area contributed by atoms with Crippen molar-refractivity contribution in [2.24, 2.45) is 0 Å². The van der Waals surface area contributed by atoms with Crippen LogP contribution in [0, 0.1) is 0 Å². The molecule has 1 heterocycles. The smallest absolute Gasteiger partial charge is 0.254 e. The van der Waals surface area contributed by atoms with E-state index < -0.39 is 6.04 Å². The van der Waals surface area contributed by atoms with Gasteiger partial charge in [-0.1, -0.05) is 30.3 Å². The summed E-state index contributed by atoms with van der Waals surface area (Å²) in [6.07, 6.45) is -0.0457. The molecule has 1 aliphatic heterocycles. The predicted molar refractivity (Wildman–Crippen MR) is 57.2 cm³/mol. The Morgan fingerprint density at radius 2 is 2.00 bits per heavy atom. The number of ketones is 1. The van der Waals surface area contributed by atoms with Gasteiger partial charge in [0.2, 0.25) is 0 Å². The molecular formula is C12H13NO3. The van der Waals surface area contributed by atoms with Gasteiger partial charge in [-0.2, -0.15) is 0 Å². The lowest BCUT2D eigenvalue weighted by molar-refractivity contribution is -0.193. The van der Waals surface area contributed by atoms with Crippen molar-refractivity contribution in [3.8, 4) is 0 Å². The molecule has 0 aromatic heterocycles. The maximum absolute atomic E-state index is 11.4. The molecule has 16 heavy (non-hydrogen) atoms. The standard InChI is InChI=1S/C12H13NO3/c1-9-11(14)7-12(15)13(9)16-8-10-5-3-2-4-6-10/h2-6,9H,7-8H2,1H3. The van der Waals surface area contributed by atoms with E-state index in [4.69, 9.17) is 4.84 Å².